The van der Waals surface area contributed by atoms with Gasteiger partial charge in [0.1, 0.15) is 30.2 Å². The molecule has 3 heterocycles. The standard InChI is InChI=1S/C37H49N15O6/c1-20(2)16-26(41-35(56)29(21(3)4)43-32(53)25(38)19-39-36(57)31-46-50-51-47-31)33(54)42-27(17-22-10-6-5-7-11-22)37(58)52-15-9-14-28(52)34(55)40-24-13-8-12-23(18-24)30-44-48-49-45-30/h5-8,10-13,18,20-21,25-29H,9,14-17,19,38H2,1-4H3,(H,39,57)(H,40,55)(H,41,56)(H,42,54)(H,43,53)(H,44,45,48,49)(H,46,47,50,51)/t25-,26-,27-,28-,29-/m0/s1. The van der Waals surface area contributed by atoms with Crippen LogP contribution in [0.1, 0.15) is 63.1 Å². The Morgan fingerprint density at radius 2 is 1.57 bits per heavy atom. The van der Waals surface area contributed by atoms with E-state index in [1.807, 2.05) is 44.2 Å². The van der Waals surface area contributed by atoms with Gasteiger partial charge in [-0.05, 0) is 59.2 Å². The second-order valence-electron chi connectivity index (χ2n) is 14.7. The zero-order valence-corrected chi connectivity index (χ0v) is 32.6. The summed E-state index contributed by atoms with van der Waals surface area (Å²) in [6, 6.07) is 10.8. The molecule has 1 saturated heterocycles. The number of nitrogens with two attached hydrogens (primary N) is 1. The Labute approximate surface area is 333 Å². The summed E-state index contributed by atoms with van der Waals surface area (Å²) in [5, 5.41) is 40.2. The molecule has 1 fully saturated rings. The molecule has 5 rings (SSSR count). The number of carbonyl (C=O) groups excluding carboxylic acids is 6. The van der Waals surface area contributed by atoms with Crippen LogP contribution in [0.15, 0.2) is 54.6 Å². The molecule has 5 atom stereocenters. The van der Waals surface area contributed by atoms with Gasteiger partial charge in [-0.25, -0.2) is 0 Å². The maximum Gasteiger partial charge on any atom is 0.292 e. The number of benzene rings is 2. The maximum absolute atomic E-state index is 14.4. The number of carbonyl (C=O) groups is 6. The van der Waals surface area contributed by atoms with Gasteiger partial charge in [-0.2, -0.15) is 10.4 Å². The zero-order valence-electron chi connectivity index (χ0n) is 32.6. The third-order valence-electron chi connectivity index (χ3n) is 9.42. The molecule has 0 spiro atoms. The number of H-pyrrole nitrogens is 2. The zero-order chi connectivity index (χ0) is 41.8. The number of hydrogen-bond acceptors (Lipinski definition) is 13. The van der Waals surface area contributed by atoms with Crippen molar-refractivity contribution in [2.45, 2.75) is 83.6 Å². The van der Waals surface area contributed by atoms with E-state index < -0.39 is 65.7 Å². The number of likely N-dealkylation sites (tertiary alicyclic amines) is 1. The highest BCUT2D eigenvalue weighted by molar-refractivity contribution is 6.00. The van der Waals surface area contributed by atoms with E-state index in [1.165, 1.54) is 4.90 Å². The monoisotopic (exact) mass is 799 g/mol. The van der Waals surface area contributed by atoms with Crippen LogP contribution in [0.5, 0.6) is 0 Å². The van der Waals surface area contributed by atoms with Gasteiger partial charge in [-0.15, -0.1) is 20.4 Å². The smallest absolute Gasteiger partial charge is 0.292 e. The van der Waals surface area contributed by atoms with E-state index in [0.29, 0.717) is 36.5 Å². The van der Waals surface area contributed by atoms with Gasteiger partial charge in [0.15, 0.2) is 0 Å². The first kappa shape index (κ1) is 42.5. The second-order valence-corrected chi connectivity index (χ2v) is 14.7. The van der Waals surface area contributed by atoms with Gasteiger partial charge in [0.2, 0.25) is 35.4 Å². The van der Waals surface area contributed by atoms with Crippen LogP contribution >= 0.6 is 0 Å². The van der Waals surface area contributed by atoms with E-state index in [9.17, 15) is 28.8 Å². The van der Waals surface area contributed by atoms with E-state index in [0.717, 1.165) is 5.56 Å². The molecule has 0 bridgehead atoms. The van der Waals surface area contributed by atoms with Crippen LogP contribution in [0, 0.1) is 11.8 Å². The molecule has 6 amide bonds. The van der Waals surface area contributed by atoms with E-state index in [-0.39, 0.29) is 37.0 Å². The Morgan fingerprint density at radius 1 is 0.845 bits per heavy atom. The summed E-state index contributed by atoms with van der Waals surface area (Å²) in [7, 11) is 0. The Bertz CT molecular complexity index is 2010. The lowest BCUT2D eigenvalue weighted by Crippen LogP contribution is -2.60. The summed E-state index contributed by atoms with van der Waals surface area (Å²) in [4.78, 5) is 82.7. The van der Waals surface area contributed by atoms with E-state index in [1.54, 1.807) is 38.1 Å². The predicted octanol–water partition coefficient (Wildman–Crippen LogP) is -0.534. The molecule has 0 aliphatic carbocycles. The molecule has 2 aromatic carbocycles. The number of aromatic nitrogens is 8. The van der Waals surface area contributed by atoms with Crippen LogP contribution in [0.3, 0.4) is 0 Å². The van der Waals surface area contributed by atoms with E-state index in [4.69, 9.17) is 5.73 Å². The van der Waals surface area contributed by atoms with Gasteiger partial charge >= 0.3 is 0 Å². The Kier molecular flexibility index (Phi) is 14.6. The number of hydrogen-bond donors (Lipinski definition) is 8. The van der Waals surface area contributed by atoms with Crippen LogP contribution in [-0.2, 0) is 30.4 Å². The first-order valence-corrected chi connectivity index (χ1v) is 19.0. The Morgan fingerprint density at radius 3 is 2.24 bits per heavy atom. The molecule has 0 saturated carbocycles. The molecular weight excluding hydrogens is 751 g/mol. The predicted molar refractivity (Wildman–Crippen MR) is 208 cm³/mol. The highest BCUT2D eigenvalue weighted by atomic mass is 16.2. The van der Waals surface area contributed by atoms with Crippen molar-refractivity contribution in [1.82, 2.24) is 67.4 Å². The van der Waals surface area contributed by atoms with Gasteiger partial charge in [-0.3, -0.25) is 28.8 Å². The lowest BCUT2D eigenvalue weighted by atomic mass is 9.98. The molecule has 21 nitrogen and oxygen atoms in total. The van der Waals surface area contributed by atoms with Crippen molar-refractivity contribution in [3.63, 3.8) is 0 Å². The lowest BCUT2D eigenvalue weighted by Gasteiger charge is -2.31. The summed E-state index contributed by atoms with van der Waals surface area (Å²) < 4.78 is 0. The molecule has 1 aliphatic heterocycles. The average Bonchev–Trinajstić information content (AvgIpc) is 4.02. The normalized spacial score (nSPS) is 15.9. The number of anilines is 1. The minimum atomic E-state index is -1.23. The number of nitrogens with zero attached hydrogens (tertiary/aromatic N) is 7. The van der Waals surface area contributed by atoms with E-state index >= 15 is 0 Å². The van der Waals surface area contributed by atoms with Gasteiger partial charge < -0.3 is 37.2 Å². The van der Waals surface area contributed by atoms with Gasteiger partial charge in [0.25, 0.3) is 11.7 Å². The van der Waals surface area contributed by atoms with Crippen molar-refractivity contribution in [3.8, 4) is 11.4 Å². The van der Waals surface area contributed by atoms with Gasteiger partial charge in [0, 0.05) is 30.8 Å². The van der Waals surface area contributed by atoms with Crippen LogP contribution in [-0.4, -0.2) is 125 Å². The van der Waals surface area contributed by atoms with Crippen molar-refractivity contribution in [2.75, 3.05) is 18.4 Å². The van der Waals surface area contributed by atoms with Crippen molar-refractivity contribution in [1.29, 1.82) is 0 Å². The van der Waals surface area contributed by atoms with Gasteiger partial charge in [0.05, 0.1) is 0 Å². The van der Waals surface area contributed by atoms with E-state index in [2.05, 4.69) is 67.8 Å². The molecule has 21 heteroatoms. The van der Waals surface area contributed by atoms with Crippen LogP contribution in [0.4, 0.5) is 5.69 Å². The lowest BCUT2D eigenvalue weighted by molar-refractivity contribution is -0.140. The fourth-order valence-electron chi connectivity index (χ4n) is 6.46. The van der Waals surface area contributed by atoms with Crippen molar-refractivity contribution in [3.05, 3.63) is 66.0 Å². The quantitative estimate of drug-likeness (QED) is 0.0629. The largest absolute Gasteiger partial charge is 0.347 e. The first-order valence-electron chi connectivity index (χ1n) is 19.0. The summed E-state index contributed by atoms with van der Waals surface area (Å²) in [6.07, 6.45) is 1.32. The molecular formula is C37H49N15O6. The number of rotatable bonds is 18. The summed E-state index contributed by atoms with van der Waals surface area (Å²) in [6.45, 7) is 7.21. The molecule has 0 radical (unpaired) electrons. The second kappa shape index (κ2) is 20.0. The first-order chi connectivity index (χ1) is 27.8. The molecule has 1 aliphatic rings. The third-order valence-corrected chi connectivity index (χ3v) is 9.42. The molecule has 4 aromatic rings. The Balaban J connectivity index is 1.27. The summed E-state index contributed by atoms with van der Waals surface area (Å²) >= 11 is 0. The minimum absolute atomic E-state index is 0.0621. The molecule has 58 heavy (non-hydrogen) atoms. The van der Waals surface area contributed by atoms with Crippen LogP contribution in [0.25, 0.3) is 11.4 Å². The SMILES string of the molecule is CC(C)C[C@H](NC(=O)[C@@H](NC(=O)[C@@H](N)CNC(=O)c1nn[nH]n1)C(C)C)C(=O)N[C@@H](Cc1ccccc1)C(=O)N1CCC[C@H]1C(=O)Nc1cccc(-c2nn[nH]n2)c1. The van der Waals surface area contributed by atoms with Crippen molar-refractivity contribution >= 4 is 41.1 Å². The maximum atomic E-state index is 14.4. The molecule has 9 N–H and O–H groups in total. The highest BCUT2D eigenvalue weighted by Crippen LogP contribution is 2.23. The summed E-state index contributed by atoms with van der Waals surface area (Å²) in [5.74, 6) is -3.87. The number of aromatic amines is 2. The fraction of sp³-hybridized carbons (Fsp3) is 0.459. The van der Waals surface area contributed by atoms with Gasteiger partial charge in [-0.1, -0.05) is 70.2 Å². The topological polar surface area (TPSA) is 301 Å². The minimum Gasteiger partial charge on any atom is -0.347 e. The van der Waals surface area contributed by atoms with Crippen molar-refractivity contribution in [2.24, 2.45) is 17.6 Å². The molecule has 2 aromatic heterocycles. The fourth-order valence-corrected chi connectivity index (χ4v) is 6.46. The highest BCUT2D eigenvalue weighted by Gasteiger charge is 2.39. The Hall–Kier alpha value is -6.64. The number of amides is 6. The number of tetrazole rings is 2. The number of nitrogens with one attached hydrogen (secondary N) is 7. The molecule has 308 valence electrons. The summed E-state index contributed by atoms with van der Waals surface area (Å²) in [5.41, 5.74) is 7.91. The molecule has 0 unspecified atom stereocenters. The van der Waals surface area contributed by atoms with Crippen LogP contribution < -0.4 is 32.3 Å². The average molecular weight is 800 g/mol. The van der Waals surface area contributed by atoms with Crippen molar-refractivity contribution < 1.29 is 28.8 Å². The van der Waals surface area contributed by atoms with Crippen LogP contribution in [0.2, 0.25) is 0 Å². The third kappa shape index (κ3) is 11.5.